The van der Waals surface area contributed by atoms with Gasteiger partial charge in [-0.05, 0) is 36.4 Å². The normalized spacial score (nSPS) is 13.2. The lowest BCUT2D eigenvalue weighted by atomic mass is 9.92. The molecular weight excluding hydrogens is 314 g/mol. The Kier molecular flexibility index (Phi) is 4.69. The molecule has 0 saturated heterocycles. The van der Waals surface area contributed by atoms with Crippen molar-refractivity contribution in [1.82, 2.24) is 0 Å². The summed E-state index contributed by atoms with van der Waals surface area (Å²) in [5.74, 6) is 0.292. The first-order chi connectivity index (χ1) is 11.6. The molecule has 0 heterocycles. The number of carbonyl (C=O) groups is 1. The van der Waals surface area contributed by atoms with Crippen molar-refractivity contribution in [2.45, 2.75) is 17.7 Å². The van der Waals surface area contributed by atoms with Gasteiger partial charge in [0.2, 0.25) is 0 Å². The predicted molar refractivity (Wildman–Crippen MR) is 99.4 cm³/mol. The first kappa shape index (κ1) is 16.3. The van der Waals surface area contributed by atoms with Crippen LogP contribution < -0.4 is 0 Å². The Balaban J connectivity index is 2.15. The van der Waals surface area contributed by atoms with Crippen LogP contribution in [0.3, 0.4) is 0 Å². The van der Waals surface area contributed by atoms with E-state index in [4.69, 9.17) is 0 Å². The highest BCUT2D eigenvalue weighted by Crippen LogP contribution is 2.36. The molecule has 0 atom stereocenters. The second-order valence-electron chi connectivity index (χ2n) is 5.69. The van der Waals surface area contributed by atoms with Gasteiger partial charge in [0.1, 0.15) is 6.07 Å². The molecule has 0 N–H and O–H groups in total. The quantitative estimate of drug-likeness (QED) is 0.559. The molecule has 1 aliphatic rings. The van der Waals surface area contributed by atoms with Gasteiger partial charge in [0.15, 0.2) is 5.78 Å². The average molecular weight is 331 g/mol. The largest absolute Gasteiger partial charge is 0.295 e. The second kappa shape index (κ2) is 6.90. The maximum absolute atomic E-state index is 11.5. The fourth-order valence-corrected chi connectivity index (χ4v) is 3.49. The van der Waals surface area contributed by atoms with Crippen molar-refractivity contribution in [3.05, 3.63) is 77.4 Å². The molecule has 0 saturated carbocycles. The summed E-state index contributed by atoms with van der Waals surface area (Å²) in [6.07, 6.45) is 10.4. The number of allylic oxidation sites excluding steroid dienone is 4. The molecule has 0 unspecified atom stereocenters. The third-order valence-electron chi connectivity index (χ3n) is 4.19. The highest BCUT2D eigenvalue weighted by molar-refractivity contribution is 7.98. The lowest BCUT2D eigenvalue weighted by molar-refractivity contribution is 0.101. The van der Waals surface area contributed by atoms with Crippen LogP contribution in [0, 0.1) is 11.3 Å². The smallest absolute Gasteiger partial charge is 0.159 e. The van der Waals surface area contributed by atoms with Gasteiger partial charge in [0.25, 0.3) is 0 Å². The number of carbonyl (C=O) groups excluding carboxylic acids is 1. The van der Waals surface area contributed by atoms with Crippen LogP contribution in [0.4, 0.5) is 0 Å². The van der Waals surface area contributed by atoms with Gasteiger partial charge in [0.05, 0.1) is 5.56 Å². The summed E-state index contributed by atoms with van der Waals surface area (Å²) in [6, 6.07) is 14.0. The Morgan fingerprint density at radius 1 is 1.12 bits per heavy atom. The first-order valence-corrected chi connectivity index (χ1v) is 8.95. The van der Waals surface area contributed by atoms with Crippen molar-refractivity contribution in [3.63, 3.8) is 0 Å². The fourth-order valence-electron chi connectivity index (χ4n) is 2.87. The molecule has 0 aliphatic heterocycles. The Labute approximate surface area is 146 Å². The van der Waals surface area contributed by atoms with Gasteiger partial charge in [-0.25, -0.2) is 0 Å². The standard InChI is InChI=1S/C21H17NOS/c1-14(23)15-7-9-17(10-8-15)19-11-18(16-5-3-4-6-16)12-21(24-2)20(19)13-22/h3-12,16H,1-2H3. The summed E-state index contributed by atoms with van der Waals surface area (Å²) in [7, 11) is 0. The van der Waals surface area contributed by atoms with E-state index >= 15 is 0 Å². The molecule has 118 valence electrons. The number of thioether (sulfide) groups is 1. The molecule has 0 fully saturated rings. The van der Waals surface area contributed by atoms with E-state index in [9.17, 15) is 10.1 Å². The molecule has 0 aromatic heterocycles. The van der Waals surface area contributed by atoms with Crippen LogP contribution in [-0.2, 0) is 0 Å². The Hall–Kier alpha value is -2.57. The van der Waals surface area contributed by atoms with Gasteiger partial charge in [-0.1, -0.05) is 48.6 Å². The Morgan fingerprint density at radius 2 is 1.79 bits per heavy atom. The monoisotopic (exact) mass is 331 g/mol. The SMILES string of the molecule is CSc1cc(C2C=CC=C2)cc(-c2ccc(C(C)=O)cc2)c1C#N. The van der Waals surface area contributed by atoms with E-state index in [1.54, 1.807) is 18.7 Å². The van der Waals surface area contributed by atoms with Gasteiger partial charge in [-0.15, -0.1) is 11.8 Å². The van der Waals surface area contributed by atoms with Crippen molar-refractivity contribution < 1.29 is 4.79 Å². The molecule has 3 heteroatoms. The molecular formula is C21H17NOS. The van der Waals surface area contributed by atoms with Crippen LogP contribution in [0.5, 0.6) is 0 Å². The number of hydrogen-bond acceptors (Lipinski definition) is 3. The zero-order valence-electron chi connectivity index (χ0n) is 13.6. The Bertz CT molecular complexity index is 873. The number of hydrogen-bond donors (Lipinski definition) is 0. The van der Waals surface area contributed by atoms with E-state index < -0.39 is 0 Å². The molecule has 2 aromatic carbocycles. The van der Waals surface area contributed by atoms with E-state index in [2.05, 4.69) is 30.4 Å². The third kappa shape index (κ3) is 3.06. The number of rotatable bonds is 4. The summed E-state index contributed by atoms with van der Waals surface area (Å²) in [5.41, 5.74) is 4.42. The van der Waals surface area contributed by atoms with E-state index in [1.165, 1.54) is 5.56 Å². The molecule has 2 aromatic rings. The Morgan fingerprint density at radius 3 is 2.33 bits per heavy atom. The number of benzene rings is 2. The van der Waals surface area contributed by atoms with Gasteiger partial charge in [-0.3, -0.25) is 4.79 Å². The maximum atomic E-state index is 11.5. The number of Topliss-reactive ketones (excluding diaryl/α,β-unsaturated/α-hetero) is 1. The molecule has 2 nitrogen and oxygen atoms in total. The van der Waals surface area contributed by atoms with Crippen molar-refractivity contribution in [2.75, 3.05) is 6.26 Å². The van der Waals surface area contributed by atoms with E-state index in [0.29, 0.717) is 11.1 Å². The number of nitriles is 1. The van der Waals surface area contributed by atoms with Crippen LogP contribution in [0.15, 0.2) is 65.6 Å². The first-order valence-electron chi connectivity index (χ1n) is 7.72. The lowest BCUT2D eigenvalue weighted by Gasteiger charge is -2.14. The fraction of sp³-hybridized carbons (Fsp3) is 0.143. The summed E-state index contributed by atoms with van der Waals surface area (Å²) >= 11 is 1.59. The van der Waals surface area contributed by atoms with Crippen LogP contribution in [0.1, 0.15) is 34.3 Å². The zero-order valence-corrected chi connectivity index (χ0v) is 14.4. The van der Waals surface area contributed by atoms with Crippen LogP contribution in [0.25, 0.3) is 11.1 Å². The van der Waals surface area contributed by atoms with Gasteiger partial charge < -0.3 is 0 Å². The van der Waals surface area contributed by atoms with Gasteiger partial charge >= 0.3 is 0 Å². The minimum absolute atomic E-state index is 0.0434. The molecule has 0 amide bonds. The van der Waals surface area contributed by atoms with E-state index in [1.807, 2.05) is 42.7 Å². The minimum Gasteiger partial charge on any atom is -0.295 e. The number of ketones is 1. The second-order valence-corrected chi connectivity index (χ2v) is 6.53. The number of nitrogens with zero attached hydrogens (tertiary/aromatic N) is 1. The van der Waals surface area contributed by atoms with Crippen LogP contribution in [-0.4, -0.2) is 12.0 Å². The van der Waals surface area contributed by atoms with Crippen LogP contribution in [0.2, 0.25) is 0 Å². The van der Waals surface area contributed by atoms with Crippen molar-refractivity contribution in [1.29, 1.82) is 5.26 Å². The predicted octanol–water partition coefficient (Wildman–Crippen LogP) is 5.36. The topological polar surface area (TPSA) is 40.9 Å². The third-order valence-corrected chi connectivity index (χ3v) is 4.95. The van der Waals surface area contributed by atoms with Crippen LogP contribution >= 0.6 is 11.8 Å². The minimum atomic E-state index is 0.0434. The lowest BCUT2D eigenvalue weighted by Crippen LogP contribution is -1.96. The van der Waals surface area contributed by atoms with Crippen molar-refractivity contribution in [3.8, 4) is 17.2 Å². The average Bonchev–Trinajstić information content (AvgIpc) is 3.15. The van der Waals surface area contributed by atoms with E-state index in [0.717, 1.165) is 16.0 Å². The highest BCUT2D eigenvalue weighted by Gasteiger charge is 2.16. The molecule has 0 spiro atoms. The molecule has 1 aliphatic carbocycles. The molecule has 24 heavy (non-hydrogen) atoms. The van der Waals surface area contributed by atoms with Gasteiger partial charge in [0, 0.05) is 21.9 Å². The highest BCUT2D eigenvalue weighted by atomic mass is 32.2. The maximum Gasteiger partial charge on any atom is 0.159 e. The van der Waals surface area contributed by atoms with Gasteiger partial charge in [-0.2, -0.15) is 5.26 Å². The van der Waals surface area contributed by atoms with E-state index in [-0.39, 0.29) is 11.7 Å². The summed E-state index contributed by atoms with van der Waals surface area (Å²) in [5, 5.41) is 9.65. The summed E-state index contributed by atoms with van der Waals surface area (Å²) < 4.78 is 0. The molecule has 0 radical (unpaired) electrons. The molecule has 3 rings (SSSR count). The summed E-state index contributed by atoms with van der Waals surface area (Å²) in [6.45, 7) is 1.56. The molecule has 0 bridgehead atoms. The van der Waals surface area contributed by atoms with Crippen molar-refractivity contribution in [2.24, 2.45) is 0 Å². The zero-order chi connectivity index (χ0) is 17.1. The summed E-state index contributed by atoms with van der Waals surface area (Å²) in [4.78, 5) is 12.5. The van der Waals surface area contributed by atoms with Crippen molar-refractivity contribution >= 4 is 17.5 Å².